The Kier molecular flexibility index (Phi) is 7.91. The lowest BCUT2D eigenvalue weighted by molar-refractivity contribution is -0.138. The Hall–Kier alpha value is -5.35. The molecule has 0 N–H and O–H groups in total. The number of halogens is 1. The molecule has 3 aromatic carbocycles. The lowest BCUT2D eigenvalue weighted by Crippen LogP contribution is -2.40. The van der Waals surface area contributed by atoms with Gasteiger partial charge in [-0.15, -0.1) is 0 Å². The monoisotopic (exact) mass is 608 g/mol. The third kappa shape index (κ3) is 5.43. The number of furan rings is 1. The largest absolute Gasteiger partial charge is 0.465 e. The number of carbonyl (C=O) groups excluding carboxylic acids is 2. The maximum Gasteiger partial charge on any atom is 0.338 e. The summed E-state index contributed by atoms with van der Waals surface area (Å²) in [5.41, 5.74) is 2.52. The van der Waals surface area contributed by atoms with Crippen molar-refractivity contribution in [1.29, 1.82) is 0 Å². The first-order valence-corrected chi connectivity index (χ1v) is 14.5. The van der Waals surface area contributed by atoms with Gasteiger partial charge in [0.2, 0.25) is 0 Å². The highest BCUT2D eigenvalue weighted by Crippen LogP contribution is 2.35. The predicted octanol–water partition coefficient (Wildman–Crippen LogP) is 5.12. The molecule has 220 valence electrons. The Morgan fingerprint density at radius 1 is 0.955 bits per heavy atom. The number of hydrogen-bond donors (Lipinski definition) is 0. The van der Waals surface area contributed by atoms with E-state index in [4.69, 9.17) is 18.9 Å². The van der Waals surface area contributed by atoms with Crippen molar-refractivity contribution in [3.63, 3.8) is 0 Å². The molecule has 0 bridgehead atoms. The Labute approximate surface area is 254 Å². The molecule has 0 amide bonds. The molecular weight excluding hydrogens is 583 g/mol. The van der Waals surface area contributed by atoms with Crippen LogP contribution in [0.2, 0.25) is 0 Å². The van der Waals surface area contributed by atoms with Crippen LogP contribution >= 0.6 is 11.3 Å². The van der Waals surface area contributed by atoms with Crippen LogP contribution < -0.4 is 14.9 Å². The molecule has 1 atom stereocenters. The molecule has 8 nitrogen and oxygen atoms in total. The first-order chi connectivity index (χ1) is 21.4. The minimum Gasteiger partial charge on any atom is -0.465 e. The molecule has 0 radical (unpaired) electrons. The number of hydrogen-bond acceptors (Lipinski definition) is 8. The zero-order valence-corrected chi connectivity index (χ0v) is 24.5. The van der Waals surface area contributed by atoms with Crippen LogP contribution in [0.3, 0.4) is 0 Å². The van der Waals surface area contributed by atoms with E-state index in [9.17, 15) is 18.8 Å². The third-order valence-electron chi connectivity index (χ3n) is 7.05. The van der Waals surface area contributed by atoms with E-state index >= 15 is 0 Å². The molecule has 10 heteroatoms. The van der Waals surface area contributed by atoms with E-state index in [0.717, 1.165) is 16.9 Å². The summed E-state index contributed by atoms with van der Waals surface area (Å²) >= 11 is 1.15. The Morgan fingerprint density at radius 2 is 1.68 bits per heavy atom. The fourth-order valence-electron chi connectivity index (χ4n) is 5.00. The zero-order chi connectivity index (χ0) is 30.8. The second kappa shape index (κ2) is 12.1. The van der Waals surface area contributed by atoms with Crippen LogP contribution in [0.25, 0.3) is 23.1 Å². The van der Waals surface area contributed by atoms with Crippen molar-refractivity contribution in [3.05, 3.63) is 145 Å². The van der Waals surface area contributed by atoms with Crippen molar-refractivity contribution in [2.45, 2.75) is 13.0 Å². The van der Waals surface area contributed by atoms with E-state index in [0.29, 0.717) is 43.2 Å². The average molecular weight is 609 g/mol. The van der Waals surface area contributed by atoms with Gasteiger partial charge >= 0.3 is 11.9 Å². The molecule has 0 saturated carbocycles. The molecule has 44 heavy (non-hydrogen) atoms. The number of esters is 2. The molecule has 0 fully saturated rings. The minimum atomic E-state index is -0.913. The Morgan fingerprint density at radius 3 is 2.36 bits per heavy atom. The van der Waals surface area contributed by atoms with Gasteiger partial charge < -0.3 is 13.9 Å². The number of ether oxygens (including phenoxy) is 2. The highest BCUT2D eigenvalue weighted by atomic mass is 32.1. The van der Waals surface area contributed by atoms with E-state index < -0.39 is 29.4 Å². The van der Waals surface area contributed by atoms with Crippen LogP contribution in [-0.4, -0.2) is 30.2 Å². The molecule has 0 aliphatic carbocycles. The number of fused-ring (bicyclic) bond motifs is 1. The molecule has 1 aliphatic rings. The first-order valence-electron chi connectivity index (χ1n) is 13.7. The number of thiazole rings is 1. The van der Waals surface area contributed by atoms with Gasteiger partial charge in [0.15, 0.2) is 4.80 Å². The van der Waals surface area contributed by atoms with Crippen LogP contribution in [-0.2, 0) is 14.3 Å². The molecule has 0 unspecified atom stereocenters. The van der Waals surface area contributed by atoms with Crippen LogP contribution in [0, 0.1) is 5.82 Å². The van der Waals surface area contributed by atoms with Gasteiger partial charge in [0.25, 0.3) is 5.56 Å². The molecular formula is C34H25FN2O6S. The molecule has 3 heterocycles. The van der Waals surface area contributed by atoms with Gasteiger partial charge in [-0.05, 0) is 48.9 Å². The summed E-state index contributed by atoms with van der Waals surface area (Å²) in [6, 6.07) is 24.2. The third-order valence-corrected chi connectivity index (χ3v) is 8.03. The maximum atomic E-state index is 14.0. The smallest absolute Gasteiger partial charge is 0.338 e. The number of benzene rings is 3. The van der Waals surface area contributed by atoms with Crippen molar-refractivity contribution >= 4 is 35.0 Å². The van der Waals surface area contributed by atoms with Gasteiger partial charge in [0, 0.05) is 17.2 Å². The number of carbonyl (C=O) groups is 2. The summed E-state index contributed by atoms with van der Waals surface area (Å²) in [5.74, 6) is -0.533. The summed E-state index contributed by atoms with van der Waals surface area (Å²) in [4.78, 5) is 44.4. The summed E-state index contributed by atoms with van der Waals surface area (Å²) in [7, 11) is 1.32. The lowest BCUT2D eigenvalue weighted by Gasteiger charge is -2.25. The topological polar surface area (TPSA) is 100 Å². The fraction of sp³-hybridized carbons (Fsp3) is 0.118. The van der Waals surface area contributed by atoms with E-state index in [2.05, 4.69) is 0 Å². The van der Waals surface area contributed by atoms with Crippen LogP contribution in [0.15, 0.2) is 111 Å². The number of rotatable bonds is 7. The molecule has 2 aromatic heterocycles. The standard InChI is InChI=1S/C34H25FN2O6S/c1-3-42-33(40)28-29(21-7-5-4-6-8-21)36-34-37(30(28)22-13-15-24(35)16-14-22)31(38)27(44-34)19-25-17-18-26(43-25)20-9-11-23(12-10-20)32(39)41-2/h4-19,30H,3H2,1-2H3/b27-19-/t30-/m1/s1. The summed E-state index contributed by atoms with van der Waals surface area (Å²) in [5, 5.41) is 0. The van der Waals surface area contributed by atoms with E-state index in [1.165, 1.54) is 23.8 Å². The van der Waals surface area contributed by atoms with Crippen molar-refractivity contribution in [1.82, 2.24) is 4.57 Å². The molecule has 6 rings (SSSR count). The van der Waals surface area contributed by atoms with E-state index in [1.54, 1.807) is 61.5 Å². The van der Waals surface area contributed by atoms with Gasteiger partial charge in [-0.3, -0.25) is 9.36 Å². The van der Waals surface area contributed by atoms with Crippen molar-refractivity contribution in [2.24, 2.45) is 4.99 Å². The number of methoxy groups -OCH3 is 1. The maximum absolute atomic E-state index is 14.0. The summed E-state index contributed by atoms with van der Waals surface area (Å²) < 4.78 is 32.0. The van der Waals surface area contributed by atoms with Gasteiger partial charge in [-0.1, -0.05) is 65.9 Å². The van der Waals surface area contributed by atoms with Gasteiger partial charge in [0.05, 0.1) is 41.1 Å². The minimum absolute atomic E-state index is 0.122. The molecule has 0 saturated heterocycles. The number of nitrogens with zero attached hydrogens (tertiary/aromatic N) is 2. The predicted molar refractivity (Wildman–Crippen MR) is 163 cm³/mol. The fourth-order valence-corrected chi connectivity index (χ4v) is 5.99. The van der Waals surface area contributed by atoms with Gasteiger partial charge in [0.1, 0.15) is 17.3 Å². The van der Waals surface area contributed by atoms with Crippen molar-refractivity contribution in [2.75, 3.05) is 13.7 Å². The highest BCUT2D eigenvalue weighted by Gasteiger charge is 2.35. The van der Waals surface area contributed by atoms with Crippen LogP contribution in [0.4, 0.5) is 4.39 Å². The summed E-state index contributed by atoms with van der Waals surface area (Å²) in [6.45, 7) is 1.82. The molecule has 5 aromatic rings. The van der Waals surface area contributed by atoms with Crippen LogP contribution in [0.1, 0.15) is 40.2 Å². The summed E-state index contributed by atoms with van der Waals surface area (Å²) in [6.07, 6.45) is 1.62. The molecule has 1 aliphatic heterocycles. The second-order valence-electron chi connectivity index (χ2n) is 9.75. The Bertz CT molecular complexity index is 2070. The SMILES string of the molecule is CCOC(=O)C1=C(c2ccccc2)N=c2s/c(=C\c3ccc(-c4ccc(C(=O)OC)cc4)o3)c(=O)n2[C@@H]1c1ccc(F)cc1. The lowest BCUT2D eigenvalue weighted by atomic mass is 9.93. The van der Waals surface area contributed by atoms with Crippen LogP contribution in [0.5, 0.6) is 0 Å². The first kappa shape index (κ1) is 28.8. The van der Waals surface area contributed by atoms with Crippen molar-refractivity contribution < 1.29 is 27.9 Å². The van der Waals surface area contributed by atoms with E-state index in [1.807, 2.05) is 30.3 Å². The number of aromatic nitrogens is 1. The molecule has 0 spiro atoms. The zero-order valence-electron chi connectivity index (χ0n) is 23.7. The van der Waals surface area contributed by atoms with Gasteiger partial charge in [-0.2, -0.15) is 0 Å². The quantitative estimate of drug-likeness (QED) is 0.238. The average Bonchev–Trinajstić information content (AvgIpc) is 3.65. The van der Waals surface area contributed by atoms with Gasteiger partial charge in [-0.25, -0.2) is 19.0 Å². The second-order valence-corrected chi connectivity index (χ2v) is 10.8. The normalized spacial score (nSPS) is 14.6. The Balaban J connectivity index is 1.50. The highest BCUT2D eigenvalue weighted by molar-refractivity contribution is 7.07. The van der Waals surface area contributed by atoms with Crippen molar-refractivity contribution in [3.8, 4) is 11.3 Å². The van der Waals surface area contributed by atoms with E-state index in [-0.39, 0.29) is 12.2 Å².